The first-order chi connectivity index (χ1) is 11.8. The number of hydrogen-bond donors (Lipinski definition) is 1. The van der Waals surface area contributed by atoms with Crippen molar-refractivity contribution in [2.45, 2.75) is 19.1 Å². The number of rotatable bonds is 6. The maximum atomic E-state index is 12.3. The summed E-state index contributed by atoms with van der Waals surface area (Å²) in [6.07, 6.45) is -1.25. The minimum atomic E-state index is -0.698. The van der Waals surface area contributed by atoms with Crippen LogP contribution in [0.1, 0.15) is 18.6 Å². The Labute approximate surface area is 141 Å². The molecule has 1 amide bonds. The maximum Gasteiger partial charge on any atom is 0.253 e. The van der Waals surface area contributed by atoms with Gasteiger partial charge in [-0.05, 0) is 24.6 Å². The smallest absolute Gasteiger partial charge is 0.253 e. The van der Waals surface area contributed by atoms with Crippen molar-refractivity contribution in [1.82, 2.24) is 5.32 Å². The van der Waals surface area contributed by atoms with Crippen molar-refractivity contribution in [3.05, 3.63) is 60.2 Å². The Balaban J connectivity index is 1.92. The summed E-state index contributed by atoms with van der Waals surface area (Å²) in [5, 5.41) is 2.83. The zero-order chi connectivity index (χ0) is 16.8. The molecule has 2 aromatic carbocycles. The minimum absolute atomic E-state index is 0.163. The van der Waals surface area contributed by atoms with Crippen LogP contribution < -0.4 is 14.8 Å². The fourth-order valence-electron chi connectivity index (χ4n) is 2.67. The first-order valence-corrected chi connectivity index (χ1v) is 8.12. The van der Waals surface area contributed by atoms with E-state index in [0.717, 1.165) is 5.56 Å². The average molecular weight is 327 g/mol. The van der Waals surface area contributed by atoms with Gasteiger partial charge in [-0.2, -0.15) is 0 Å². The van der Waals surface area contributed by atoms with Crippen LogP contribution in [-0.4, -0.2) is 31.8 Å². The molecule has 2 unspecified atom stereocenters. The molecule has 0 saturated carbocycles. The molecule has 0 bridgehead atoms. The van der Waals surface area contributed by atoms with Gasteiger partial charge in [0, 0.05) is 6.54 Å². The molecule has 126 valence electrons. The number of nitrogens with one attached hydrogen (secondary N) is 1. The van der Waals surface area contributed by atoms with E-state index in [4.69, 9.17) is 14.2 Å². The molecule has 1 fully saturated rings. The molecule has 3 rings (SSSR count). The summed E-state index contributed by atoms with van der Waals surface area (Å²) in [6.45, 7) is 3.45. The molecule has 2 atom stereocenters. The second-order valence-electron chi connectivity index (χ2n) is 5.41. The highest BCUT2D eigenvalue weighted by atomic mass is 16.6. The molecular weight excluding hydrogens is 306 g/mol. The van der Waals surface area contributed by atoms with Crippen molar-refractivity contribution in [2.75, 3.05) is 19.8 Å². The summed E-state index contributed by atoms with van der Waals surface area (Å²) in [7, 11) is 0. The largest absolute Gasteiger partial charge is 0.490 e. The van der Waals surface area contributed by atoms with Gasteiger partial charge >= 0.3 is 0 Å². The molecule has 1 N–H and O–H groups in total. The number of hydrogen-bond acceptors (Lipinski definition) is 4. The highest BCUT2D eigenvalue weighted by Gasteiger charge is 2.35. The standard InChI is InChI=1S/C19H21NO4/c1-2-22-15-10-6-7-11-16(15)24-17(14-8-4-3-5-9-14)18-19(21)20-12-13-23-18/h3-11,17-18H,2,12-13H2,1H3,(H,20,21). The van der Waals surface area contributed by atoms with Gasteiger partial charge in [-0.3, -0.25) is 4.79 Å². The Morgan fingerprint density at radius 2 is 1.83 bits per heavy atom. The molecule has 24 heavy (non-hydrogen) atoms. The van der Waals surface area contributed by atoms with Crippen LogP contribution in [0.15, 0.2) is 54.6 Å². The lowest BCUT2D eigenvalue weighted by molar-refractivity contribution is -0.145. The van der Waals surface area contributed by atoms with Gasteiger partial charge in [0.2, 0.25) is 0 Å². The number of morpholine rings is 1. The molecule has 5 heteroatoms. The Hall–Kier alpha value is -2.53. The van der Waals surface area contributed by atoms with Crippen molar-refractivity contribution >= 4 is 5.91 Å². The highest BCUT2D eigenvalue weighted by molar-refractivity contribution is 5.82. The van der Waals surface area contributed by atoms with Crippen LogP contribution in [0.25, 0.3) is 0 Å². The molecule has 0 aliphatic carbocycles. The Morgan fingerprint density at radius 3 is 2.54 bits per heavy atom. The van der Waals surface area contributed by atoms with Gasteiger partial charge in [0.25, 0.3) is 5.91 Å². The number of carbonyl (C=O) groups is 1. The fourth-order valence-corrected chi connectivity index (χ4v) is 2.67. The molecule has 0 aromatic heterocycles. The van der Waals surface area contributed by atoms with Gasteiger partial charge < -0.3 is 19.5 Å². The zero-order valence-corrected chi connectivity index (χ0v) is 13.6. The minimum Gasteiger partial charge on any atom is -0.490 e. The monoisotopic (exact) mass is 327 g/mol. The molecule has 2 aromatic rings. The van der Waals surface area contributed by atoms with Crippen molar-refractivity contribution in [3.63, 3.8) is 0 Å². The summed E-state index contributed by atoms with van der Waals surface area (Å²) in [6, 6.07) is 17.1. The van der Waals surface area contributed by atoms with E-state index in [-0.39, 0.29) is 5.91 Å². The van der Waals surface area contributed by atoms with Gasteiger partial charge in [0.05, 0.1) is 13.2 Å². The van der Waals surface area contributed by atoms with E-state index < -0.39 is 12.2 Å². The topological polar surface area (TPSA) is 56.8 Å². The fraction of sp³-hybridized carbons (Fsp3) is 0.316. The van der Waals surface area contributed by atoms with Crippen LogP contribution in [0.3, 0.4) is 0 Å². The summed E-state index contributed by atoms with van der Waals surface area (Å²) < 4.78 is 17.5. The van der Waals surface area contributed by atoms with E-state index in [2.05, 4.69) is 5.32 Å². The zero-order valence-electron chi connectivity index (χ0n) is 13.6. The third-order valence-electron chi connectivity index (χ3n) is 3.76. The lowest BCUT2D eigenvalue weighted by Gasteiger charge is -2.30. The Kier molecular flexibility index (Phi) is 5.33. The van der Waals surface area contributed by atoms with Gasteiger partial charge in [-0.25, -0.2) is 0 Å². The van der Waals surface area contributed by atoms with Crippen LogP contribution in [0, 0.1) is 0 Å². The van der Waals surface area contributed by atoms with E-state index in [0.29, 0.717) is 31.3 Å². The van der Waals surface area contributed by atoms with Gasteiger partial charge in [0.1, 0.15) is 0 Å². The predicted octanol–water partition coefficient (Wildman–Crippen LogP) is 2.72. The molecule has 1 saturated heterocycles. The van der Waals surface area contributed by atoms with Crippen molar-refractivity contribution in [1.29, 1.82) is 0 Å². The van der Waals surface area contributed by atoms with E-state index in [9.17, 15) is 4.79 Å². The van der Waals surface area contributed by atoms with Crippen molar-refractivity contribution < 1.29 is 19.0 Å². The third-order valence-corrected chi connectivity index (χ3v) is 3.76. The van der Waals surface area contributed by atoms with Gasteiger partial charge in [-0.15, -0.1) is 0 Å². The Bertz CT molecular complexity index is 674. The number of para-hydroxylation sites is 2. The van der Waals surface area contributed by atoms with Gasteiger partial charge in [0.15, 0.2) is 23.7 Å². The number of ether oxygens (including phenoxy) is 3. The average Bonchev–Trinajstić information content (AvgIpc) is 2.63. The highest BCUT2D eigenvalue weighted by Crippen LogP contribution is 2.33. The molecule has 5 nitrogen and oxygen atoms in total. The second-order valence-corrected chi connectivity index (χ2v) is 5.41. The molecule has 0 spiro atoms. The lowest BCUT2D eigenvalue weighted by atomic mass is 10.0. The molecule has 1 aliphatic heterocycles. The van der Waals surface area contributed by atoms with Crippen molar-refractivity contribution in [2.24, 2.45) is 0 Å². The van der Waals surface area contributed by atoms with Crippen LogP contribution in [0.5, 0.6) is 11.5 Å². The van der Waals surface area contributed by atoms with E-state index in [1.165, 1.54) is 0 Å². The van der Waals surface area contributed by atoms with Crippen LogP contribution in [-0.2, 0) is 9.53 Å². The van der Waals surface area contributed by atoms with Crippen molar-refractivity contribution in [3.8, 4) is 11.5 Å². The van der Waals surface area contributed by atoms with E-state index in [1.807, 2.05) is 61.5 Å². The first kappa shape index (κ1) is 16.3. The summed E-state index contributed by atoms with van der Waals surface area (Å²) in [5.41, 5.74) is 0.880. The SMILES string of the molecule is CCOc1ccccc1OC(c1ccccc1)C1OCCNC1=O. The summed E-state index contributed by atoms with van der Waals surface area (Å²) in [4.78, 5) is 12.3. The number of carbonyl (C=O) groups excluding carboxylic acids is 1. The van der Waals surface area contributed by atoms with Crippen LogP contribution in [0.2, 0.25) is 0 Å². The first-order valence-electron chi connectivity index (χ1n) is 8.12. The Morgan fingerprint density at radius 1 is 1.12 bits per heavy atom. The summed E-state index contributed by atoms with van der Waals surface area (Å²) >= 11 is 0. The normalized spacial score (nSPS) is 18.5. The number of benzene rings is 2. The van der Waals surface area contributed by atoms with Gasteiger partial charge in [-0.1, -0.05) is 42.5 Å². The predicted molar refractivity (Wildman–Crippen MR) is 90.2 cm³/mol. The second kappa shape index (κ2) is 7.84. The van der Waals surface area contributed by atoms with E-state index >= 15 is 0 Å². The quantitative estimate of drug-likeness (QED) is 0.886. The van der Waals surface area contributed by atoms with E-state index in [1.54, 1.807) is 0 Å². The third kappa shape index (κ3) is 3.68. The molecule has 0 radical (unpaired) electrons. The maximum absolute atomic E-state index is 12.3. The van der Waals surface area contributed by atoms with Crippen LogP contribution in [0.4, 0.5) is 0 Å². The summed E-state index contributed by atoms with van der Waals surface area (Å²) in [5.74, 6) is 1.08. The lowest BCUT2D eigenvalue weighted by Crippen LogP contribution is -2.48. The molecular formula is C19H21NO4. The molecule has 1 aliphatic rings. The van der Waals surface area contributed by atoms with Crippen LogP contribution >= 0.6 is 0 Å². The molecule has 1 heterocycles. The number of amides is 1.